The third kappa shape index (κ3) is 4.13. The van der Waals surface area contributed by atoms with Crippen LogP contribution in [0.5, 0.6) is 0 Å². The summed E-state index contributed by atoms with van der Waals surface area (Å²) >= 11 is 1.75. The number of nitrogens with zero attached hydrogens (tertiary/aromatic N) is 1. The summed E-state index contributed by atoms with van der Waals surface area (Å²) in [5.41, 5.74) is 7.31. The molecule has 2 nitrogen and oxygen atoms in total. The van der Waals surface area contributed by atoms with Crippen LogP contribution in [0.15, 0.2) is 41.8 Å². The minimum atomic E-state index is -0.212. The summed E-state index contributed by atoms with van der Waals surface area (Å²) in [7, 11) is 0. The van der Waals surface area contributed by atoms with Crippen molar-refractivity contribution in [3.05, 3.63) is 58.0 Å². The van der Waals surface area contributed by atoms with E-state index in [0.717, 1.165) is 12.1 Å². The number of halogens is 1. The summed E-state index contributed by atoms with van der Waals surface area (Å²) in [6, 6.07) is 11.3. The maximum absolute atomic E-state index is 13.2. The van der Waals surface area contributed by atoms with Gasteiger partial charge in [-0.3, -0.25) is 4.90 Å². The molecule has 0 aliphatic rings. The zero-order chi connectivity index (χ0) is 15.4. The summed E-state index contributed by atoms with van der Waals surface area (Å²) < 4.78 is 13.2. The second-order valence-electron chi connectivity index (χ2n) is 5.70. The first kappa shape index (κ1) is 16.1. The van der Waals surface area contributed by atoms with Crippen LogP contribution < -0.4 is 5.73 Å². The summed E-state index contributed by atoms with van der Waals surface area (Å²) in [5.74, 6) is -0.212. The number of thiophene rings is 1. The van der Waals surface area contributed by atoms with E-state index in [0.29, 0.717) is 6.04 Å². The van der Waals surface area contributed by atoms with E-state index in [2.05, 4.69) is 36.3 Å². The minimum Gasteiger partial charge on any atom is -0.326 e. The molecule has 0 aliphatic heterocycles. The van der Waals surface area contributed by atoms with Gasteiger partial charge < -0.3 is 5.73 Å². The smallest absolute Gasteiger partial charge is 0.123 e. The number of hydrogen-bond donors (Lipinski definition) is 1. The minimum absolute atomic E-state index is 0.0298. The third-order valence-electron chi connectivity index (χ3n) is 3.65. The first-order valence-corrected chi connectivity index (χ1v) is 8.16. The average Bonchev–Trinajstić information content (AvgIpc) is 2.92. The Morgan fingerprint density at radius 2 is 1.81 bits per heavy atom. The summed E-state index contributed by atoms with van der Waals surface area (Å²) in [6.45, 7) is 7.22. The SMILES string of the molecule is CC(N)C(c1ccc(F)cc1)N(Cc1cccs1)C(C)C. The fourth-order valence-corrected chi connectivity index (χ4v) is 3.35. The quantitative estimate of drug-likeness (QED) is 0.867. The molecule has 1 aromatic carbocycles. The Morgan fingerprint density at radius 3 is 2.29 bits per heavy atom. The van der Waals surface area contributed by atoms with E-state index >= 15 is 0 Å². The van der Waals surface area contributed by atoms with Crippen molar-refractivity contribution in [2.24, 2.45) is 5.73 Å². The molecule has 21 heavy (non-hydrogen) atoms. The summed E-state index contributed by atoms with van der Waals surface area (Å²) in [5, 5.41) is 2.09. The van der Waals surface area contributed by atoms with E-state index in [4.69, 9.17) is 5.73 Å². The van der Waals surface area contributed by atoms with Gasteiger partial charge in [0.05, 0.1) is 6.04 Å². The lowest BCUT2D eigenvalue weighted by Gasteiger charge is -2.37. The van der Waals surface area contributed by atoms with E-state index in [9.17, 15) is 4.39 Å². The average molecular weight is 306 g/mol. The van der Waals surface area contributed by atoms with Crippen LogP contribution in [0.25, 0.3) is 0 Å². The van der Waals surface area contributed by atoms with Gasteiger partial charge in [-0.15, -0.1) is 11.3 Å². The molecule has 0 amide bonds. The highest BCUT2D eigenvalue weighted by Gasteiger charge is 2.26. The van der Waals surface area contributed by atoms with Gasteiger partial charge in [0.1, 0.15) is 5.82 Å². The number of benzene rings is 1. The molecule has 0 radical (unpaired) electrons. The van der Waals surface area contributed by atoms with E-state index in [1.165, 1.54) is 17.0 Å². The predicted molar refractivity (Wildman–Crippen MR) is 87.8 cm³/mol. The molecule has 1 aromatic heterocycles. The second-order valence-corrected chi connectivity index (χ2v) is 6.73. The van der Waals surface area contributed by atoms with Gasteiger partial charge in [0.2, 0.25) is 0 Å². The topological polar surface area (TPSA) is 29.3 Å². The van der Waals surface area contributed by atoms with Crippen LogP contribution in [-0.4, -0.2) is 17.0 Å². The van der Waals surface area contributed by atoms with Gasteiger partial charge in [-0.25, -0.2) is 4.39 Å². The maximum atomic E-state index is 13.2. The van der Waals surface area contributed by atoms with Crippen molar-refractivity contribution in [2.45, 2.75) is 45.4 Å². The van der Waals surface area contributed by atoms with Crippen LogP contribution in [-0.2, 0) is 6.54 Å². The standard InChI is InChI=1S/C17H23FN2S/c1-12(2)20(11-16-5-4-10-21-16)17(13(3)19)14-6-8-15(18)9-7-14/h4-10,12-13,17H,11,19H2,1-3H3. The van der Waals surface area contributed by atoms with Crippen molar-refractivity contribution < 1.29 is 4.39 Å². The number of nitrogens with two attached hydrogens (primary N) is 1. The highest BCUT2D eigenvalue weighted by Crippen LogP contribution is 2.28. The fourth-order valence-electron chi connectivity index (χ4n) is 2.64. The van der Waals surface area contributed by atoms with Crippen LogP contribution in [0.1, 0.15) is 37.3 Å². The van der Waals surface area contributed by atoms with Crippen LogP contribution in [0, 0.1) is 5.82 Å². The van der Waals surface area contributed by atoms with Crippen molar-refractivity contribution in [3.8, 4) is 0 Å². The second kappa shape index (κ2) is 7.16. The van der Waals surface area contributed by atoms with Crippen LogP contribution >= 0.6 is 11.3 Å². The van der Waals surface area contributed by atoms with E-state index < -0.39 is 0 Å². The third-order valence-corrected chi connectivity index (χ3v) is 4.51. The van der Waals surface area contributed by atoms with E-state index in [1.807, 2.05) is 19.1 Å². The Labute approximate surface area is 130 Å². The summed E-state index contributed by atoms with van der Waals surface area (Å²) in [6.07, 6.45) is 0. The fraction of sp³-hybridized carbons (Fsp3) is 0.412. The Morgan fingerprint density at radius 1 is 1.14 bits per heavy atom. The molecule has 0 saturated heterocycles. The predicted octanol–water partition coefficient (Wildman–Crippen LogP) is 4.19. The molecule has 2 N–H and O–H groups in total. The molecule has 0 spiro atoms. The van der Waals surface area contributed by atoms with Crippen LogP contribution in [0.2, 0.25) is 0 Å². The van der Waals surface area contributed by atoms with Crippen molar-refractivity contribution in [1.29, 1.82) is 0 Å². The molecule has 0 saturated carbocycles. The molecule has 0 aliphatic carbocycles. The first-order chi connectivity index (χ1) is 9.99. The highest BCUT2D eigenvalue weighted by molar-refractivity contribution is 7.09. The molecule has 4 heteroatoms. The monoisotopic (exact) mass is 306 g/mol. The van der Waals surface area contributed by atoms with E-state index in [-0.39, 0.29) is 17.9 Å². The first-order valence-electron chi connectivity index (χ1n) is 7.28. The van der Waals surface area contributed by atoms with Crippen LogP contribution in [0.3, 0.4) is 0 Å². The molecule has 114 valence electrons. The lowest BCUT2D eigenvalue weighted by Crippen LogP contribution is -2.42. The molecule has 2 rings (SSSR count). The van der Waals surface area contributed by atoms with Gasteiger partial charge in [-0.2, -0.15) is 0 Å². The highest BCUT2D eigenvalue weighted by atomic mass is 32.1. The van der Waals surface area contributed by atoms with Gasteiger partial charge in [-0.1, -0.05) is 18.2 Å². The lowest BCUT2D eigenvalue weighted by molar-refractivity contribution is 0.128. The largest absolute Gasteiger partial charge is 0.326 e. The van der Waals surface area contributed by atoms with Crippen molar-refractivity contribution in [2.75, 3.05) is 0 Å². The molecular formula is C17H23FN2S. The van der Waals surface area contributed by atoms with Gasteiger partial charge >= 0.3 is 0 Å². The van der Waals surface area contributed by atoms with Crippen molar-refractivity contribution in [3.63, 3.8) is 0 Å². The zero-order valence-corrected chi connectivity index (χ0v) is 13.6. The Bertz CT molecular complexity index is 534. The maximum Gasteiger partial charge on any atom is 0.123 e. The van der Waals surface area contributed by atoms with Gasteiger partial charge in [0.25, 0.3) is 0 Å². The summed E-state index contributed by atoms with van der Waals surface area (Å²) in [4.78, 5) is 3.69. The van der Waals surface area contributed by atoms with Crippen molar-refractivity contribution in [1.82, 2.24) is 4.90 Å². The zero-order valence-electron chi connectivity index (χ0n) is 12.8. The van der Waals surface area contributed by atoms with E-state index in [1.54, 1.807) is 11.3 Å². The Kier molecular flexibility index (Phi) is 5.51. The Balaban J connectivity index is 2.30. The molecule has 0 bridgehead atoms. The number of rotatable bonds is 6. The van der Waals surface area contributed by atoms with Crippen molar-refractivity contribution >= 4 is 11.3 Å². The van der Waals surface area contributed by atoms with Gasteiger partial charge in [0.15, 0.2) is 0 Å². The molecule has 0 fully saturated rings. The lowest BCUT2D eigenvalue weighted by atomic mass is 9.97. The van der Waals surface area contributed by atoms with Gasteiger partial charge in [0, 0.05) is 23.5 Å². The molecule has 2 unspecified atom stereocenters. The molecular weight excluding hydrogens is 283 g/mol. The van der Waals surface area contributed by atoms with Crippen LogP contribution in [0.4, 0.5) is 4.39 Å². The van der Waals surface area contributed by atoms with Gasteiger partial charge in [-0.05, 0) is 49.9 Å². The molecule has 2 aromatic rings. The number of hydrogen-bond acceptors (Lipinski definition) is 3. The molecule has 2 atom stereocenters. The normalized spacial score (nSPS) is 14.6. The Hall–Kier alpha value is -1.23. The molecule has 1 heterocycles.